The first-order valence-electron chi connectivity index (χ1n) is 5.76. The highest BCUT2D eigenvalue weighted by molar-refractivity contribution is 7.99. The van der Waals surface area contributed by atoms with Crippen molar-refractivity contribution in [1.82, 2.24) is 4.90 Å². The summed E-state index contributed by atoms with van der Waals surface area (Å²) in [6.45, 7) is 2.72. The van der Waals surface area contributed by atoms with E-state index in [1.165, 1.54) is 12.3 Å². The molecule has 18 heavy (non-hydrogen) atoms. The number of furan rings is 1. The van der Waals surface area contributed by atoms with Crippen LogP contribution >= 0.6 is 11.8 Å². The molecule has 0 radical (unpaired) electrons. The fraction of sp³-hybridized carbons (Fsp3) is 0.500. The van der Waals surface area contributed by atoms with Gasteiger partial charge in [0.05, 0.1) is 12.7 Å². The van der Waals surface area contributed by atoms with Crippen molar-refractivity contribution in [3.05, 3.63) is 23.7 Å². The molecule has 0 spiro atoms. The van der Waals surface area contributed by atoms with Gasteiger partial charge in [-0.2, -0.15) is 11.8 Å². The van der Waals surface area contributed by atoms with Gasteiger partial charge >= 0.3 is 5.97 Å². The van der Waals surface area contributed by atoms with Gasteiger partial charge in [-0.05, 0) is 13.0 Å². The van der Waals surface area contributed by atoms with Crippen LogP contribution in [0.15, 0.2) is 16.7 Å². The lowest BCUT2D eigenvalue weighted by molar-refractivity contribution is -0.132. The van der Waals surface area contributed by atoms with Crippen molar-refractivity contribution in [3.8, 4) is 0 Å². The minimum atomic E-state index is -1.06. The second-order valence-corrected chi connectivity index (χ2v) is 5.40. The molecule has 1 amide bonds. The Balaban J connectivity index is 2.06. The summed E-state index contributed by atoms with van der Waals surface area (Å²) in [5, 5.41) is 8.94. The number of carbonyl (C=O) groups is 2. The van der Waals surface area contributed by atoms with Crippen LogP contribution in [0.2, 0.25) is 0 Å². The van der Waals surface area contributed by atoms with E-state index < -0.39 is 5.97 Å². The van der Waals surface area contributed by atoms with Gasteiger partial charge in [0.2, 0.25) is 5.91 Å². The lowest BCUT2D eigenvalue weighted by Gasteiger charge is -2.33. The molecule has 1 aromatic heterocycles. The smallest absolute Gasteiger partial charge is 0.339 e. The normalized spacial score (nSPS) is 19.8. The van der Waals surface area contributed by atoms with E-state index in [2.05, 4.69) is 0 Å². The molecule has 2 rings (SSSR count). The van der Waals surface area contributed by atoms with Crippen LogP contribution in [-0.2, 0) is 11.2 Å². The number of carboxylic acid groups (broad SMARTS) is 1. The molecule has 1 atom stereocenters. The number of nitrogens with zero attached hydrogens (tertiary/aromatic N) is 1. The second-order valence-electron chi connectivity index (χ2n) is 4.25. The van der Waals surface area contributed by atoms with Gasteiger partial charge in [-0.1, -0.05) is 0 Å². The number of carboxylic acids is 1. The van der Waals surface area contributed by atoms with E-state index in [0.717, 1.165) is 11.5 Å². The van der Waals surface area contributed by atoms with Gasteiger partial charge in [0.15, 0.2) is 0 Å². The van der Waals surface area contributed by atoms with Crippen molar-refractivity contribution < 1.29 is 19.1 Å². The molecule has 1 saturated heterocycles. The van der Waals surface area contributed by atoms with Crippen LogP contribution in [0.25, 0.3) is 0 Å². The lowest BCUT2D eigenvalue weighted by atomic mass is 10.1. The van der Waals surface area contributed by atoms with Crippen molar-refractivity contribution in [1.29, 1.82) is 0 Å². The molecule has 98 valence electrons. The van der Waals surface area contributed by atoms with E-state index in [-0.39, 0.29) is 29.7 Å². The Hall–Kier alpha value is -1.43. The van der Waals surface area contributed by atoms with Crippen molar-refractivity contribution in [2.24, 2.45) is 0 Å². The summed E-state index contributed by atoms with van der Waals surface area (Å²) in [4.78, 5) is 24.8. The monoisotopic (exact) mass is 269 g/mol. The molecule has 0 saturated carbocycles. The summed E-state index contributed by atoms with van der Waals surface area (Å²) >= 11 is 1.83. The molecule has 5 nitrogen and oxygen atoms in total. The average molecular weight is 269 g/mol. The van der Waals surface area contributed by atoms with Crippen LogP contribution in [0.1, 0.15) is 23.0 Å². The standard InChI is InChI=1S/C12H15NO4S/c1-8-7-18-5-3-13(8)11(14)6-10-9(12(15)16)2-4-17-10/h2,4,8H,3,5-7H2,1H3,(H,15,16). The number of hydrogen-bond acceptors (Lipinski definition) is 4. The Morgan fingerprint density at radius 3 is 3.06 bits per heavy atom. The minimum absolute atomic E-state index is 0.0175. The highest BCUT2D eigenvalue weighted by Crippen LogP contribution is 2.18. The van der Waals surface area contributed by atoms with E-state index >= 15 is 0 Å². The number of carbonyl (C=O) groups excluding carboxylic acids is 1. The zero-order valence-electron chi connectivity index (χ0n) is 10.1. The molecule has 1 aromatic rings. The fourth-order valence-electron chi connectivity index (χ4n) is 2.00. The molecule has 0 aromatic carbocycles. The SMILES string of the molecule is CC1CSCCN1C(=O)Cc1occc1C(=O)O. The fourth-order valence-corrected chi connectivity index (χ4v) is 3.02. The molecule has 0 aliphatic carbocycles. The number of thioether (sulfide) groups is 1. The van der Waals surface area contributed by atoms with Crippen molar-refractivity contribution in [3.63, 3.8) is 0 Å². The molecular formula is C12H15NO4S. The van der Waals surface area contributed by atoms with Crippen LogP contribution in [0.5, 0.6) is 0 Å². The van der Waals surface area contributed by atoms with Crippen molar-refractivity contribution in [2.75, 3.05) is 18.1 Å². The highest BCUT2D eigenvalue weighted by Gasteiger charge is 2.25. The summed E-state index contributed by atoms with van der Waals surface area (Å²) < 4.78 is 5.09. The topological polar surface area (TPSA) is 70.8 Å². The summed E-state index contributed by atoms with van der Waals surface area (Å²) in [6, 6.07) is 1.57. The maximum atomic E-state index is 12.1. The first-order chi connectivity index (χ1) is 8.59. The first kappa shape index (κ1) is 13.0. The number of hydrogen-bond donors (Lipinski definition) is 1. The van der Waals surface area contributed by atoms with Crippen LogP contribution < -0.4 is 0 Å². The minimum Gasteiger partial charge on any atom is -0.478 e. The Kier molecular flexibility index (Phi) is 3.96. The van der Waals surface area contributed by atoms with Crippen molar-refractivity contribution >= 4 is 23.6 Å². The van der Waals surface area contributed by atoms with Gasteiger partial charge in [0.25, 0.3) is 0 Å². The van der Waals surface area contributed by atoms with E-state index in [4.69, 9.17) is 9.52 Å². The van der Waals surface area contributed by atoms with Crippen LogP contribution in [0, 0.1) is 0 Å². The van der Waals surface area contributed by atoms with Gasteiger partial charge in [0, 0.05) is 24.1 Å². The number of amides is 1. The summed E-state index contributed by atoms with van der Waals surface area (Å²) in [5.74, 6) is 0.961. The zero-order chi connectivity index (χ0) is 13.1. The summed E-state index contributed by atoms with van der Waals surface area (Å²) in [7, 11) is 0. The maximum Gasteiger partial charge on any atom is 0.339 e. The van der Waals surface area contributed by atoms with E-state index in [1.54, 1.807) is 4.90 Å². The summed E-state index contributed by atoms with van der Waals surface area (Å²) in [6.07, 6.45) is 1.32. The third kappa shape index (κ3) is 2.69. The van der Waals surface area contributed by atoms with E-state index in [1.807, 2.05) is 18.7 Å². The highest BCUT2D eigenvalue weighted by atomic mass is 32.2. The van der Waals surface area contributed by atoms with Gasteiger partial charge in [-0.3, -0.25) is 4.79 Å². The van der Waals surface area contributed by atoms with Gasteiger partial charge in [0.1, 0.15) is 11.3 Å². The summed E-state index contributed by atoms with van der Waals surface area (Å²) in [5.41, 5.74) is 0.0717. The molecule has 1 unspecified atom stereocenters. The average Bonchev–Trinajstić information content (AvgIpc) is 2.77. The molecular weight excluding hydrogens is 254 g/mol. The molecule has 0 bridgehead atoms. The largest absolute Gasteiger partial charge is 0.478 e. The van der Waals surface area contributed by atoms with Gasteiger partial charge < -0.3 is 14.4 Å². The number of rotatable bonds is 3. The molecule has 2 heterocycles. The molecule has 1 aliphatic rings. The Morgan fingerprint density at radius 2 is 2.39 bits per heavy atom. The Bertz CT molecular complexity index is 457. The lowest BCUT2D eigenvalue weighted by Crippen LogP contribution is -2.45. The first-order valence-corrected chi connectivity index (χ1v) is 6.92. The van der Waals surface area contributed by atoms with Crippen LogP contribution in [0.4, 0.5) is 0 Å². The third-order valence-corrected chi connectivity index (χ3v) is 4.16. The van der Waals surface area contributed by atoms with E-state index in [0.29, 0.717) is 6.54 Å². The molecule has 1 aliphatic heterocycles. The second kappa shape index (κ2) is 5.48. The third-order valence-electron chi connectivity index (χ3n) is 2.98. The maximum absolute atomic E-state index is 12.1. The molecule has 6 heteroatoms. The quantitative estimate of drug-likeness (QED) is 0.900. The van der Waals surface area contributed by atoms with Crippen LogP contribution in [-0.4, -0.2) is 46.0 Å². The Morgan fingerprint density at radius 1 is 1.61 bits per heavy atom. The number of aromatic carboxylic acids is 1. The van der Waals surface area contributed by atoms with Gasteiger partial charge in [-0.15, -0.1) is 0 Å². The predicted molar refractivity (Wildman–Crippen MR) is 67.9 cm³/mol. The van der Waals surface area contributed by atoms with E-state index in [9.17, 15) is 9.59 Å². The molecule has 1 fully saturated rings. The van der Waals surface area contributed by atoms with Crippen LogP contribution in [0.3, 0.4) is 0 Å². The van der Waals surface area contributed by atoms with Gasteiger partial charge in [-0.25, -0.2) is 4.79 Å². The van der Waals surface area contributed by atoms with Crippen molar-refractivity contribution in [2.45, 2.75) is 19.4 Å². The molecule has 1 N–H and O–H groups in total. The zero-order valence-corrected chi connectivity index (χ0v) is 10.9. The predicted octanol–water partition coefficient (Wildman–Crippen LogP) is 1.48. The Labute approximate surface area is 109 Å².